The number of alkyl halides is 1. The van der Waals surface area contributed by atoms with E-state index in [2.05, 4.69) is 17.4 Å². The van der Waals surface area contributed by atoms with Crippen molar-refractivity contribution in [3.05, 3.63) is 29.8 Å². The number of halogens is 1. The first-order valence-corrected chi connectivity index (χ1v) is 6.42. The zero-order valence-corrected chi connectivity index (χ0v) is 10.2. The molecule has 1 fully saturated rings. The van der Waals surface area contributed by atoms with Crippen molar-refractivity contribution in [1.29, 1.82) is 0 Å². The molecule has 2 rings (SSSR count). The van der Waals surface area contributed by atoms with Crippen molar-refractivity contribution in [2.45, 2.75) is 31.2 Å². The fourth-order valence-corrected chi connectivity index (χ4v) is 2.13. The summed E-state index contributed by atoms with van der Waals surface area (Å²) < 4.78 is 5.67. The molecule has 16 heavy (non-hydrogen) atoms. The summed E-state index contributed by atoms with van der Waals surface area (Å²) in [7, 11) is 0. The lowest BCUT2D eigenvalue weighted by Gasteiger charge is -2.23. The van der Waals surface area contributed by atoms with Gasteiger partial charge in [0.25, 0.3) is 0 Å². The van der Waals surface area contributed by atoms with E-state index in [9.17, 15) is 0 Å². The van der Waals surface area contributed by atoms with Gasteiger partial charge in [0.1, 0.15) is 0 Å². The molecule has 1 aliphatic heterocycles. The predicted octanol–water partition coefficient (Wildman–Crippen LogP) is 3.41. The number of anilines is 1. The number of hydrogen-bond acceptors (Lipinski definition) is 2. The van der Waals surface area contributed by atoms with Crippen LogP contribution in [0.3, 0.4) is 0 Å². The molecule has 0 amide bonds. The molecule has 1 aromatic carbocycles. The van der Waals surface area contributed by atoms with Crippen LogP contribution >= 0.6 is 11.6 Å². The van der Waals surface area contributed by atoms with Gasteiger partial charge in [-0.2, -0.15) is 0 Å². The third kappa shape index (κ3) is 3.39. The van der Waals surface area contributed by atoms with Crippen molar-refractivity contribution in [2.75, 3.05) is 18.5 Å². The van der Waals surface area contributed by atoms with Gasteiger partial charge in [-0.3, -0.25) is 0 Å². The maximum absolute atomic E-state index is 5.80. The quantitative estimate of drug-likeness (QED) is 0.814. The van der Waals surface area contributed by atoms with E-state index in [1.54, 1.807) is 0 Å². The van der Waals surface area contributed by atoms with E-state index >= 15 is 0 Å². The predicted molar refractivity (Wildman–Crippen MR) is 68.1 cm³/mol. The Bertz CT molecular complexity index is 323. The van der Waals surface area contributed by atoms with Crippen LogP contribution in [0.15, 0.2) is 24.3 Å². The smallest absolute Gasteiger partial charge is 0.0747 e. The van der Waals surface area contributed by atoms with E-state index in [4.69, 9.17) is 16.3 Å². The lowest BCUT2D eigenvalue weighted by atomic mass is 10.1. The van der Waals surface area contributed by atoms with Gasteiger partial charge in [-0.05, 0) is 37.0 Å². The zero-order valence-electron chi connectivity index (χ0n) is 9.42. The number of rotatable bonds is 4. The van der Waals surface area contributed by atoms with Gasteiger partial charge in [0, 0.05) is 24.7 Å². The van der Waals surface area contributed by atoms with Gasteiger partial charge in [0.2, 0.25) is 0 Å². The summed E-state index contributed by atoms with van der Waals surface area (Å²) in [6.45, 7) is 1.81. The Kier molecular flexibility index (Phi) is 4.49. The molecule has 88 valence electrons. The molecule has 1 heterocycles. The Morgan fingerprint density at radius 2 is 2.31 bits per heavy atom. The van der Waals surface area contributed by atoms with Crippen molar-refractivity contribution in [3.63, 3.8) is 0 Å². The molecule has 0 saturated carbocycles. The van der Waals surface area contributed by atoms with Crippen molar-refractivity contribution in [2.24, 2.45) is 0 Å². The van der Waals surface area contributed by atoms with Gasteiger partial charge in [-0.15, -0.1) is 11.6 Å². The molecule has 1 N–H and O–H groups in total. The van der Waals surface area contributed by atoms with Crippen molar-refractivity contribution in [3.8, 4) is 0 Å². The van der Waals surface area contributed by atoms with Gasteiger partial charge in [-0.1, -0.05) is 12.1 Å². The Labute approximate surface area is 102 Å². The summed E-state index contributed by atoms with van der Waals surface area (Å²) in [5.74, 6) is 0.565. The lowest BCUT2D eigenvalue weighted by molar-refractivity contribution is 0.0247. The Morgan fingerprint density at radius 3 is 3.06 bits per heavy atom. The standard InChI is InChI=1S/C13H18ClNO/c14-9-11-4-3-5-12(8-11)15-10-13-6-1-2-7-16-13/h3-5,8,13,15H,1-2,6-7,9-10H2. The van der Waals surface area contributed by atoms with Gasteiger partial charge >= 0.3 is 0 Å². The monoisotopic (exact) mass is 239 g/mol. The lowest BCUT2D eigenvalue weighted by Crippen LogP contribution is -2.26. The van der Waals surface area contributed by atoms with Crippen LogP contribution in [0.2, 0.25) is 0 Å². The highest BCUT2D eigenvalue weighted by Gasteiger charge is 2.12. The Balaban J connectivity index is 1.83. The second-order valence-corrected chi connectivity index (χ2v) is 4.47. The van der Waals surface area contributed by atoms with Crippen LogP contribution in [-0.4, -0.2) is 19.3 Å². The minimum Gasteiger partial charge on any atom is -0.382 e. The average Bonchev–Trinajstić information content (AvgIpc) is 2.38. The summed E-state index contributed by atoms with van der Waals surface area (Å²) in [5, 5.41) is 3.41. The number of hydrogen-bond donors (Lipinski definition) is 1. The molecule has 1 saturated heterocycles. The van der Waals surface area contributed by atoms with E-state index in [0.717, 1.165) is 24.4 Å². The van der Waals surface area contributed by atoms with Crippen molar-refractivity contribution < 1.29 is 4.74 Å². The largest absolute Gasteiger partial charge is 0.382 e. The van der Waals surface area contributed by atoms with Crippen LogP contribution in [0.1, 0.15) is 24.8 Å². The fourth-order valence-electron chi connectivity index (χ4n) is 1.96. The van der Waals surface area contributed by atoms with Crippen LogP contribution in [0.25, 0.3) is 0 Å². The molecular weight excluding hydrogens is 222 g/mol. The second kappa shape index (κ2) is 6.12. The number of ether oxygens (including phenoxy) is 1. The summed E-state index contributed by atoms with van der Waals surface area (Å²) in [5.41, 5.74) is 2.28. The minimum atomic E-state index is 0.369. The zero-order chi connectivity index (χ0) is 11.2. The second-order valence-electron chi connectivity index (χ2n) is 4.20. The highest BCUT2D eigenvalue weighted by molar-refractivity contribution is 6.17. The summed E-state index contributed by atoms with van der Waals surface area (Å²) >= 11 is 5.80. The van der Waals surface area contributed by atoms with E-state index in [1.807, 2.05) is 12.1 Å². The van der Waals surface area contributed by atoms with Crippen LogP contribution in [0.4, 0.5) is 5.69 Å². The molecule has 2 nitrogen and oxygen atoms in total. The normalized spacial score (nSPS) is 20.7. The van der Waals surface area contributed by atoms with Gasteiger partial charge in [0.15, 0.2) is 0 Å². The summed E-state index contributed by atoms with van der Waals surface area (Å²) in [4.78, 5) is 0. The minimum absolute atomic E-state index is 0.369. The van der Waals surface area contributed by atoms with Crippen LogP contribution < -0.4 is 5.32 Å². The SMILES string of the molecule is ClCc1cccc(NCC2CCCCO2)c1. The molecule has 0 spiro atoms. The first-order valence-electron chi connectivity index (χ1n) is 5.89. The molecule has 3 heteroatoms. The summed E-state index contributed by atoms with van der Waals surface area (Å²) in [6.07, 6.45) is 4.03. The fraction of sp³-hybridized carbons (Fsp3) is 0.538. The van der Waals surface area contributed by atoms with Crippen LogP contribution in [0.5, 0.6) is 0 Å². The first-order chi connectivity index (χ1) is 7.88. The molecule has 0 radical (unpaired) electrons. The first kappa shape index (κ1) is 11.7. The highest BCUT2D eigenvalue weighted by Crippen LogP contribution is 2.16. The topological polar surface area (TPSA) is 21.3 Å². The van der Waals surface area contributed by atoms with E-state index in [-0.39, 0.29) is 0 Å². The van der Waals surface area contributed by atoms with E-state index < -0.39 is 0 Å². The molecule has 1 aliphatic rings. The van der Waals surface area contributed by atoms with Crippen molar-refractivity contribution >= 4 is 17.3 Å². The van der Waals surface area contributed by atoms with Gasteiger partial charge < -0.3 is 10.1 Å². The molecular formula is C13H18ClNO. The Morgan fingerprint density at radius 1 is 1.38 bits per heavy atom. The van der Waals surface area contributed by atoms with Gasteiger partial charge in [0.05, 0.1) is 6.10 Å². The van der Waals surface area contributed by atoms with Gasteiger partial charge in [-0.25, -0.2) is 0 Å². The number of nitrogens with one attached hydrogen (secondary N) is 1. The third-order valence-electron chi connectivity index (χ3n) is 2.89. The summed E-state index contributed by atoms with van der Waals surface area (Å²) in [6, 6.07) is 8.23. The maximum Gasteiger partial charge on any atom is 0.0747 e. The van der Waals surface area contributed by atoms with E-state index in [1.165, 1.54) is 19.3 Å². The third-order valence-corrected chi connectivity index (χ3v) is 3.20. The Hall–Kier alpha value is -0.730. The average molecular weight is 240 g/mol. The van der Waals surface area contributed by atoms with Crippen LogP contribution in [0, 0.1) is 0 Å². The van der Waals surface area contributed by atoms with Crippen LogP contribution in [-0.2, 0) is 10.6 Å². The number of benzene rings is 1. The van der Waals surface area contributed by atoms with E-state index in [0.29, 0.717) is 12.0 Å². The molecule has 0 aliphatic carbocycles. The molecule has 1 unspecified atom stereocenters. The highest BCUT2D eigenvalue weighted by atomic mass is 35.5. The molecule has 1 atom stereocenters. The van der Waals surface area contributed by atoms with Crippen molar-refractivity contribution in [1.82, 2.24) is 0 Å². The maximum atomic E-state index is 5.80. The molecule has 0 aromatic heterocycles. The molecule has 0 bridgehead atoms. The molecule has 1 aromatic rings.